The van der Waals surface area contributed by atoms with Gasteiger partial charge in [-0.25, -0.2) is 4.79 Å². The summed E-state index contributed by atoms with van der Waals surface area (Å²) in [6.07, 6.45) is 1.10. The lowest BCUT2D eigenvalue weighted by Crippen LogP contribution is -2.06. The Morgan fingerprint density at radius 3 is 2.67 bits per heavy atom. The van der Waals surface area contributed by atoms with Gasteiger partial charge in [-0.05, 0) is 0 Å². The van der Waals surface area contributed by atoms with Crippen LogP contribution in [0.5, 0.6) is 11.5 Å². The van der Waals surface area contributed by atoms with Gasteiger partial charge in [0, 0.05) is 30.0 Å². The highest BCUT2D eigenvalue weighted by atomic mass is 16.5. The average molecular weight is 243 g/mol. The molecular formula is C14H13NO3. The first-order valence-corrected chi connectivity index (χ1v) is 5.44. The first kappa shape index (κ1) is 12.0. The molecule has 0 saturated heterocycles. The molecule has 0 radical (unpaired) electrons. The van der Waals surface area contributed by atoms with E-state index in [1.807, 2.05) is 6.07 Å². The van der Waals surface area contributed by atoms with E-state index in [0.29, 0.717) is 22.2 Å². The van der Waals surface area contributed by atoms with E-state index >= 15 is 0 Å². The third kappa shape index (κ3) is 2.00. The first-order chi connectivity index (χ1) is 8.67. The van der Waals surface area contributed by atoms with Crippen molar-refractivity contribution in [1.29, 1.82) is 0 Å². The van der Waals surface area contributed by atoms with Crippen LogP contribution in [0.2, 0.25) is 0 Å². The van der Waals surface area contributed by atoms with Gasteiger partial charge in [-0.1, -0.05) is 30.8 Å². The molecule has 4 nitrogen and oxygen atoms in total. The van der Waals surface area contributed by atoms with Gasteiger partial charge in [0.2, 0.25) is 0 Å². The number of rotatable bonds is 3. The van der Waals surface area contributed by atoms with E-state index in [1.54, 1.807) is 25.2 Å². The van der Waals surface area contributed by atoms with E-state index in [4.69, 9.17) is 4.74 Å². The number of anilines is 1. The third-order valence-electron chi connectivity index (χ3n) is 2.61. The summed E-state index contributed by atoms with van der Waals surface area (Å²) in [5.74, 6) is -0.0218. The van der Waals surface area contributed by atoms with Gasteiger partial charge in [0.15, 0.2) is 5.75 Å². The molecular weight excluding hydrogens is 230 g/mol. The summed E-state index contributed by atoms with van der Waals surface area (Å²) in [4.78, 5) is 11.3. The Bertz CT molecular complexity index is 620. The fraction of sp³-hybridized carbons (Fsp3) is 0.0714. The van der Waals surface area contributed by atoms with Crippen LogP contribution in [0.25, 0.3) is 10.8 Å². The second kappa shape index (κ2) is 4.79. The number of hydrogen-bond donors (Lipinski definition) is 2. The minimum atomic E-state index is -0.539. The van der Waals surface area contributed by atoms with Gasteiger partial charge in [0.25, 0.3) is 0 Å². The highest BCUT2D eigenvalue weighted by Gasteiger charge is 2.14. The minimum Gasteiger partial charge on any atom is -0.507 e. The molecule has 0 aliphatic heterocycles. The lowest BCUT2D eigenvalue weighted by molar-refractivity contribution is -0.128. The summed E-state index contributed by atoms with van der Waals surface area (Å²) in [5, 5.41) is 14.1. The van der Waals surface area contributed by atoms with E-state index in [2.05, 4.69) is 11.9 Å². The smallest absolute Gasteiger partial charge is 0.335 e. The Kier molecular flexibility index (Phi) is 3.19. The highest BCUT2D eigenvalue weighted by molar-refractivity contribution is 6.00. The molecule has 4 heteroatoms. The number of ether oxygens (including phenoxy) is 1. The first-order valence-electron chi connectivity index (χ1n) is 5.44. The van der Waals surface area contributed by atoms with Crippen LogP contribution in [0.1, 0.15) is 0 Å². The normalized spacial score (nSPS) is 10.1. The number of carbonyl (C=O) groups is 1. The van der Waals surface area contributed by atoms with Crippen LogP contribution in [0.4, 0.5) is 5.69 Å². The van der Waals surface area contributed by atoms with Crippen molar-refractivity contribution >= 4 is 22.4 Å². The molecule has 0 aliphatic rings. The van der Waals surface area contributed by atoms with Gasteiger partial charge in [0.05, 0.1) is 5.69 Å². The molecule has 0 saturated carbocycles. The molecule has 2 aromatic rings. The maximum atomic E-state index is 11.3. The zero-order valence-electron chi connectivity index (χ0n) is 9.93. The lowest BCUT2D eigenvalue weighted by Gasteiger charge is -2.13. The Hall–Kier alpha value is -2.49. The molecule has 0 atom stereocenters. The largest absolute Gasteiger partial charge is 0.507 e. The summed E-state index contributed by atoms with van der Waals surface area (Å²) in [6, 6.07) is 8.68. The number of aromatic hydroxyl groups is 1. The number of nitrogens with one attached hydrogen (secondary N) is 1. The molecule has 0 heterocycles. The van der Waals surface area contributed by atoms with Crippen LogP contribution in [-0.4, -0.2) is 18.1 Å². The zero-order valence-corrected chi connectivity index (χ0v) is 9.93. The van der Waals surface area contributed by atoms with Crippen molar-refractivity contribution in [1.82, 2.24) is 0 Å². The standard InChI is InChI=1S/C14H13NO3/c1-3-13(17)18-14-10-7-5-4-6-9(10)12(16)8-11(14)15-2/h3-8,15-16H,1H2,2H3. The number of hydrogen-bond acceptors (Lipinski definition) is 4. The highest BCUT2D eigenvalue weighted by Crippen LogP contribution is 2.39. The minimum absolute atomic E-state index is 0.133. The number of carbonyl (C=O) groups excluding carboxylic acids is 1. The molecule has 18 heavy (non-hydrogen) atoms. The fourth-order valence-electron chi connectivity index (χ4n) is 1.77. The van der Waals surface area contributed by atoms with Crippen molar-refractivity contribution in [3.05, 3.63) is 43.0 Å². The molecule has 0 aliphatic carbocycles. The van der Waals surface area contributed by atoms with E-state index < -0.39 is 5.97 Å². The molecule has 0 amide bonds. The van der Waals surface area contributed by atoms with Crippen LogP contribution in [-0.2, 0) is 4.79 Å². The van der Waals surface area contributed by atoms with Crippen LogP contribution in [0.15, 0.2) is 43.0 Å². The Balaban J connectivity index is 2.71. The quantitative estimate of drug-likeness (QED) is 0.494. The molecule has 0 aromatic heterocycles. The van der Waals surface area contributed by atoms with Gasteiger partial charge >= 0.3 is 5.97 Å². The fourth-order valence-corrected chi connectivity index (χ4v) is 1.77. The zero-order chi connectivity index (χ0) is 13.1. The van der Waals surface area contributed by atoms with Crippen molar-refractivity contribution < 1.29 is 14.6 Å². The Morgan fingerprint density at radius 1 is 1.39 bits per heavy atom. The van der Waals surface area contributed by atoms with Crippen LogP contribution < -0.4 is 10.1 Å². The average Bonchev–Trinajstić information content (AvgIpc) is 2.41. The van der Waals surface area contributed by atoms with Gasteiger partial charge < -0.3 is 15.2 Å². The summed E-state index contributed by atoms with van der Waals surface area (Å²) < 4.78 is 5.22. The number of esters is 1. The predicted molar refractivity (Wildman–Crippen MR) is 71.0 cm³/mol. The summed E-state index contributed by atoms with van der Waals surface area (Å²) in [6.45, 7) is 3.37. The SMILES string of the molecule is C=CC(=O)Oc1c(NC)cc(O)c2ccccc12. The van der Waals surface area contributed by atoms with Crippen molar-refractivity contribution in [2.75, 3.05) is 12.4 Å². The molecule has 0 spiro atoms. The summed E-state index contributed by atoms with van der Waals surface area (Å²) in [7, 11) is 1.69. The van der Waals surface area contributed by atoms with E-state index in [0.717, 1.165) is 6.08 Å². The number of phenols is 1. The second-order valence-electron chi connectivity index (χ2n) is 3.69. The molecule has 2 rings (SSSR count). The van der Waals surface area contributed by atoms with E-state index in [-0.39, 0.29) is 5.75 Å². The number of phenolic OH excluding ortho intramolecular Hbond substituents is 1. The Morgan fingerprint density at radius 2 is 2.06 bits per heavy atom. The van der Waals surface area contributed by atoms with E-state index in [1.165, 1.54) is 6.07 Å². The Labute approximate surface area is 105 Å². The predicted octanol–water partition coefficient (Wildman–Crippen LogP) is 2.68. The van der Waals surface area contributed by atoms with Crippen LogP contribution in [0, 0.1) is 0 Å². The van der Waals surface area contributed by atoms with Crippen molar-refractivity contribution in [3.8, 4) is 11.5 Å². The van der Waals surface area contributed by atoms with E-state index in [9.17, 15) is 9.90 Å². The third-order valence-corrected chi connectivity index (χ3v) is 2.61. The van der Waals surface area contributed by atoms with Crippen molar-refractivity contribution in [2.45, 2.75) is 0 Å². The summed E-state index contributed by atoms with van der Waals surface area (Å²) >= 11 is 0. The summed E-state index contributed by atoms with van der Waals surface area (Å²) in [5.41, 5.74) is 0.543. The monoisotopic (exact) mass is 243 g/mol. The van der Waals surface area contributed by atoms with Crippen molar-refractivity contribution in [2.24, 2.45) is 0 Å². The van der Waals surface area contributed by atoms with Gasteiger partial charge in [-0.15, -0.1) is 0 Å². The molecule has 2 N–H and O–H groups in total. The van der Waals surface area contributed by atoms with Crippen molar-refractivity contribution in [3.63, 3.8) is 0 Å². The van der Waals surface area contributed by atoms with Gasteiger partial charge in [0.1, 0.15) is 5.75 Å². The van der Waals surface area contributed by atoms with Crippen LogP contribution >= 0.6 is 0 Å². The maximum absolute atomic E-state index is 11.3. The molecule has 92 valence electrons. The number of fused-ring (bicyclic) bond motifs is 1. The maximum Gasteiger partial charge on any atom is 0.335 e. The van der Waals surface area contributed by atoms with Crippen LogP contribution in [0.3, 0.4) is 0 Å². The molecule has 0 fully saturated rings. The topological polar surface area (TPSA) is 58.6 Å². The molecule has 0 unspecified atom stereocenters. The van der Waals surface area contributed by atoms with Gasteiger partial charge in [-0.3, -0.25) is 0 Å². The van der Waals surface area contributed by atoms with Gasteiger partial charge in [-0.2, -0.15) is 0 Å². The number of benzene rings is 2. The molecule has 2 aromatic carbocycles. The second-order valence-corrected chi connectivity index (χ2v) is 3.69. The lowest BCUT2D eigenvalue weighted by atomic mass is 10.1. The molecule has 0 bridgehead atoms.